The fraction of sp³-hybridized carbons (Fsp3) is 0.118. The van der Waals surface area contributed by atoms with Crippen LogP contribution in [0.1, 0.15) is 11.5 Å². The van der Waals surface area contributed by atoms with Gasteiger partial charge in [0.1, 0.15) is 11.1 Å². The number of nitriles is 1. The molecule has 0 atom stereocenters. The number of hydrogen-bond donors (Lipinski definition) is 1. The first-order valence-corrected chi connectivity index (χ1v) is 8.27. The van der Waals surface area contributed by atoms with Crippen molar-refractivity contribution in [2.24, 2.45) is 0 Å². The van der Waals surface area contributed by atoms with Gasteiger partial charge in [-0.2, -0.15) is 20.2 Å². The SMILES string of the molecule is CN(C)c1nc(N)nc(/C(C#N)=C\c2csc(-c3ccccc3)n2)n1. The summed E-state index contributed by atoms with van der Waals surface area (Å²) < 4.78 is 0. The molecular weight excluding hydrogens is 334 g/mol. The number of thiazole rings is 1. The maximum Gasteiger partial charge on any atom is 0.230 e. The molecule has 0 aliphatic carbocycles. The van der Waals surface area contributed by atoms with E-state index in [0.29, 0.717) is 11.6 Å². The Hall–Kier alpha value is -3.31. The van der Waals surface area contributed by atoms with Crippen LogP contribution in [0.5, 0.6) is 0 Å². The number of aromatic nitrogens is 4. The zero-order valence-electron chi connectivity index (χ0n) is 13.7. The highest BCUT2D eigenvalue weighted by molar-refractivity contribution is 7.13. The molecule has 8 heteroatoms. The number of benzene rings is 1. The van der Waals surface area contributed by atoms with Crippen molar-refractivity contribution >= 4 is 34.9 Å². The largest absolute Gasteiger partial charge is 0.368 e. The Kier molecular flexibility index (Phi) is 4.68. The molecule has 3 rings (SSSR count). The van der Waals surface area contributed by atoms with Crippen molar-refractivity contribution in [3.05, 3.63) is 47.2 Å². The van der Waals surface area contributed by atoms with E-state index in [1.807, 2.05) is 35.7 Å². The lowest BCUT2D eigenvalue weighted by molar-refractivity contribution is 0.952. The summed E-state index contributed by atoms with van der Waals surface area (Å²) in [4.78, 5) is 18.6. The summed E-state index contributed by atoms with van der Waals surface area (Å²) in [7, 11) is 3.59. The fourth-order valence-electron chi connectivity index (χ4n) is 2.06. The molecule has 0 radical (unpaired) electrons. The van der Waals surface area contributed by atoms with Crippen molar-refractivity contribution in [2.75, 3.05) is 24.7 Å². The molecule has 0 bridgehead atoms. The van der Waals surface area contributed by atoms with Crippen LogP contribution in [0.25, 0.3) is 22.2 Å². The monoisotopic (exact) mass is 349 g/mol. The molecule has 2 aromatic heterocycles. The average Bonchev–Trinajstić information content (AvgIpc) is 3.08. The Morgan fingerprint density at radius 2 is 1.92 bits per heavy atom. The molecule has 124 valence electrons. The Morgan fingerprint density at radius 1 is 1.16 bits per heavy atom. The smallest absolute Gasteiger partial charge is 0.230 e. The molecule has 2 heterocycles. The molecule has 0 spiro atoms. The highest BCUT2D eigenvalue weighted by Gasteiger charge is 2.12. The maximum atomic E-state index is 9.49. The van der Waals surface area contributed by atoms with E-state index in [1.165, 1.54) is 11.3 Å². The Bertz CT molecular complexity index is 955. The summed E-state index contributed by atoms with van der Waals surface area (Å²) in [5, 5.41) is 12.3. The van der Waals surface area contributed by atoms with E-state index in [2.05, 4.69) is 26.0 Å². The van der Waals surface area contributed by atoms with Gasteiger partial charge in [-0.3, -0.25) is 0 Å². The van der Waals surface area contributed by atoms with E-state index in [4.69, 9.17) is 5.73 Å². The first-order valence-electron chi connectivity index (χ1n) is 7.39. The molecule has 0 aliphatic heterocycles. The molecule has 1 aromatic carbocycles. The van der Waals surface area contributed by atoms with Crippen LogP contribution in [0.3, 0.4) is 0 Å². The van der Waals surface area contributed by atoms with Crippen molar-refractivity contribution in [3.8, 4) is 16.6 Å². The van der Waals surface area contributed by atoms with Gasteiger partial charge in [-0.1, -0.05) is 30.3 Å². The molecular formula is C17H15N7S. The number of hydrogen-bond acceptors (Lipinski definition) is 8. The van der Waals surface area contributed by atoms with Crippen LogP contribution in [0, 0.1) is 11.3 Å². The fourth-order valence-corrected chi connectivity index (χ4v) is 2.85. The van der Waals surface area contributed by atoms with Gasteiger partial charge in [0.25, 0.3) is 0 Å². The number of anilines is 2. The lowest BCUT2D eigenvalue weighted by Gasteiger charge is -2.10. The van der Waals surface area contributed by atoms with Crippen LogP contribution >= 0.6 is 11.3 Å². The maximum absolute atomic E-state index is 9.49. The van der Waals surface area contributed by atoms with Gasteiger partial charge in [-0.15, -0.1) is 11.3 Å². The molecule has 7 nitrogen and oxygen atoms in total. The third-order valence-corrected chi connectivity index (χ3v) is 4.15. The Morgan fingerprint density at radius 3 is 2.60 bits per heavy atom. The summed E-state index contributed by atoms with van der Waals surface area (Å²) >= 11 is 1.51. The van der Waals surface area contributed by atoms with Crippen molar-refractivity contribution in [1.82, 2.24) is 19.9 Å². The zero-order valence-corrected chi connectivity index (χ0v) is 14.5. The molecule has 0 fully saturated rings. The van der Waals surface area contributed by atoms with E-state index in [-0.39, 0.29) is 17.3 Å². The molecule has 0 unspecified atom stereocenters. The predicted octanol–water partition coefficient (Wildman–Crippen LogP) is 2.71. The Balaban J connectivity index is 1.97. The summed E-state index contributed by atoms with van der Waals surface area (Å²) in [6.45, 7) is 0. The number of rotatable bonds is 4. The predicted molar refractivity (Wildman–Crippen MR) is 99.6 cm³/mol. The van der Waals surface area contributed by atoms with Crippen LogP contribution in [0.15, 0.2) is 35.7 Å². The normalized spacial score (nSPS) is 11.2. The second kappa shape index (κ2) is 7.07. The molecule has 2 N–H and O–H groups in total. The van der Waals surface area contributed by atoms with Crippen LogP contribution in [-0.4, -0.2) is 34.0 Å². The van der Waals surface area contributed by atoms with Gasteiger partial charge in [0, 0.05) is 25.0 Å². The highest BCUT2D eigenvalue weighted by Crippen LogP contribution is 2.25. The van der Waals surface area contributed by atoms with Gasteiger partial charge in [0.05, 0.1) is 11.3 Å². The molecule has 0 saturated carbocycles. The van der Waals surface area contributed by atoms with Crippen molar-refractivity contribution in [2.45, 2.75) is 0 Å². The van der Waals surface area contributed by atoms with Crippen LogP contribution in [0.2, 0.25) is 0 Å². The molecule has 0 saturated heterocycles. The minimum Gasteiger partial charge on any atom is -0.368 e. The number of nitrogens with two attached hydrogens (primary N) is 1. The second-order valence-corrected chi connectivity index (χ2v) is 6.18. The summed E-state index contributed by atoms with van der Waals surface area (Å²) in [5.41, 5.74) is 7.71. The van der Waals surface area contributed by atoms with Crippen molar-refractivity contribution in [1.29, 1.82) is 5.26 Å². The van der Waals surface area contributed by atoms with Gasteiger partial charge < -0.3 is 10.6 Å². The van der Waals surface area contributed by atoms with Crippen molar-refractivity contribution in [3.63, 3.8) is 0 Å². The van der Waals surface area contributed by atoms with E-state index >= 15 is 0 Å². The highest BCUT2D eigenvalue weighted by atomic mass is 32.1. The first kappa shape index (κ1) is 16.5. The van der Waals surface area contributed by atoms with Gasteiger partial charge in [-0.05, 0) is 6.08 Å². The third kappa shape index (κ3) is 3.79. The molecule has 3 aromatic rings. The van der Waals surface area contributed by atoms with Crippen LogP contribution in [0.4, 0.5) is 11.9 Å². The average molecular weight is 349 g/mol. The Labute approximate surface area is 149 Å². The van der Waals surface area contributed by atoms with Crippen LogP contribution in [-0.2, 0) is 0 Å². The second-order valence-electron chi connectivity index (χ2n) is 5.33. The van der Waals surface area contributed by atoms with Gasteiger partial charge >= 0.3 is 0 Å². The third-order valence-electron chi connectivity index (χ3n) is 3.24. The summed E-state index contributed by atoms with van der Waals surface area (Å²) in [6, 6.07) is 12.0. The number of allylic oxidation sites excluding steroid dienone is 1. The van der Waals surface area contributed by atoms with Crippen LogP contribution < -0.4 is 10.6 Å². The lowest BCUT2D eigenvalue weighted by atomic mass is 10.2. The standard InChI is InChI=1S/C17H15N7S/c1-24(2)17-22-14(21-16(19)23-17)12(9-18)8-13-10-25-15(20-13)11-6-4-3-5-7-11/h3-8,10H,1-2H3,(H2,19,21,22,23)/b12-8-. The topological polar surface area (TPSA) is 105 Å². The van der Waals surface area contributed by atoms with Gasteiger partial charge in [0.15, 0.2) is 5.82 Å². The first-order chi connectivity index (χ1) is 12.1. The van der Waals surface area contributed by atoms with E-state index in [1.54, 1.807) is 25.1 Å². The molecule has 25 heavy (non-hydrogen) atoms. The zero-order chi connectivity index (χ0) is 17.8. The van der Waals surface area contributed by atoms with Crippen molar-refractivity contribution < 1.29 is 0 Å². The minimum absolute atomic E-state index is 0.0677. The van der Waals surface area contributed by atoms with E-state index < -0.39 is 0 Å². The number of nitrogen functional groups attached to an aromatic ring is 1. The molecule has 0 aliphatic rings. The quantitative estimate of drug-likeness (QED) is 0.722. The molecule has 0 amide bonds. The van der Waals surface area contributed by atoms with E-state index in [0.717, 1.165) is 10.6 Å². The summed E-state index contributed by atoms with van der Waals surface area (Å²) in [5.74, 6) is 0.693. The van der Waals surface area contributed by atoms with Gasteiger partial charge in [0.2, 0.25) is 11.9 Å². The lowest BCUT2D eigenvalue weighted by Crippen LogP contribution is -2.15. The van der Waals surface area contributed by atoms with E-state index in [9.17, 15) is 5.26 Å². The van der Waals surface area contributed by atoms with Gasteiger partial charge in [-0.25, -0.2) is 4.98 Å². The number of nitrogens with zero attached hydrogens (tertiary/aromatic N) is 6. The summed E-state index contributed by atoms with van der Waals surface area (Å²) in [6.07, 6.45) is 1.65. The minimum atomic E-state index is 0.0677.